The summed E-state index contributed by atoms with van der Waals surface area (Å²) in [5.41, 5.74) is 1.58. The summed E-state index contributed by atoms with van der Waals surface area (Å²) in [5, 5.41) is 9.16. The van der Waals surface area contributed by atoms with Gasteiger partial charge in [-0.1, -0.05) is 18.2 Å². The number of fused-ring (bicyclic) bond motifs is 1. The summed E-state index contributed by atoms with van der Waals surface area (Å²) in [6.07, 6.45) is 2.00. The number of aromatic nitrogens is 5. The number of rotatable bonds is 6. The summed E-state index contributed by atoms with van der Waals surface area (Å²) >= 11 is 0. The molecule has 9 heteroatoms. The van der Waals surface area contributed by atoms with Crippen LogP contribution in [0.15, 0.2) is 52.2 Å². The van der Waals surface area contributed by atoms with Crippen LogP contribution in [-0.2, 0) is 20.1 Å². The van der Waals surface area contributed by atoms with Crippen molar-refractivity contribution in [3.8, 4) is 11.4 Å². The van der Waals surface area contributed by atoms with Crippen LogP contribution >= 0.6 is 0 Å². The van der Waals surface area contributed by atoms with Crippen LogP contribution in [0.5, 0.6) is 0 Å². The number of aliphatic hydroxyl groups is 1. The number of aryl methyl sites for hydroxylation is 2. The van der Waals surface area contributed by atoms with Crippen LogP contribution in [0.4, 0.5) is 4.39 Å². The normalized spacial score (nSPS) is 11.4. The highest BCUT2D eigenvalue weighted by Gasteiger charge is 2.21. The second-order valence-electron chi connectivity index (χ2n) is 7.41. The van der Waals surface area contributed by atoms with E-state index in [-0.39, 0.29) is 37.3 Å². The van der Waals surface area contributed by atoms with Gasteiger partial charge in [-0.3, -0.25) is 18.9 Å². The maximum Gasteiger partial charge on any atom is 0.332 e. The standard InChI is InChI=1S/C22H22FN5O3/c1-14-7-8-17(24-12-14)13-28-18-20(25-19(28)15-5-3-6-16(23)11-15)26(2)22(31)27(21(18)30)9-4-10-29/h3,5-8,11-12,29H,4,9-10,13H2,1-2H3. The van der Waals surface area contributed by atoms with Gasteiger partial charge < -0.3 is 9.67 Å². The summed E-state index contributed by atoms with van der Waals surface area (Å²) in [6.45, 7) is 2.09. The van der Waals surface area contributed by atoms with Gasteiger partial charge in [-0.05, 0) is 37.1 Å². The van der Waals surface area contributed by atoms with Crippen LogP contribution in [-0.4, -0.2) is 35.4 Å². The first-order valence-electron chi connectivity index (χ1n) is 9.89. The van der Waals surface area contributed by atoms with E-state index in [0.29, 0.717) is 17.1 Å². The van der Waals surface area contributed by atoms with Crippen molar-refractivity contribution in [3.63, 3.8) is 0 Å². The third-order valence-corrected chi connectivity index (χ3v) is 5.15. The van der Waals surface area contributed by atoms with E-state index < -0.39 is 17.1 Å². The molecule has 3 aromatic heterocycles. The molecule has 0 saturated carbocycles. The van der Waals surface area contributed by atoms with E-state index in [2.05, 4.69) is 9.97 Å². The zero-order valence-corrected chi connectivity index (χ0v) is 17.2. The number of hydrogen-bond acceptors (Lipinski definition) is 5. The van der Waals surface area contributed by atoms with Gasteiger partial charge in [0.15, 0.2) is 11.2 Å². The summed E-state index contributed by atoms with van der Waals surface area (Å²) in [6, 6.07) is 9.70. The summed E-state index contributed by atoms with van der Waals surface area (Å²) in [4.78, 5) is 35.0. The molecule has 0 atom stereocenters. The second kappa shape index (κ2) is 8.27. The van der Waals surface area contributed by atoms with Crippen LogP contribution in [0.3, 0.4) is 0 Å². The number of pyridine rings is 1. The lowest BCUT2D eigenvalue weighted by Crippen LogP contribution is -2.40. The van der Waals surface area contributed by atoms with Gasteiger partial charge in [0.05, 0.1) is 12.2 Å². The van der Waals surface area contributed by atoms with Gasteiger partial charge in [-0.25, -0.2) is 14.2 Å². The molecule has 0 aliphatic heterocycles. The maximum absolute atomic E-state index is 13.9. The molecule has 0 fully saturated rings. The Hall–Kier alpha value is -3.59. The Bertz CT molecular complexity index is 1370. The van der Waals surface area contributed by atoms with E-state index >= 15 is 0 Å². The van der Waals surface area contributed by atoms with Gasteiger partial charge in [0, 0.05) is 32.0 Å². The maximum atomic E-state index is 13.9. The largest absolute Gasteiger partial charge is 0.396 e. The Morgan fingerprint density at radius 3 is 2.61 bits per heavy atom. The van der Waals surface area contributed by atoms with Crippen molar-refractivity contribution in [2.24, 2.45) is 7.05 Å². The van der Waals surface area contributed by atoms with Gasteiger partial charge >= 0.3 is 5.69 Å². The zero-order chi connectivity index (χ0) is 22.1. The molecule has 0 unspecified atom stereocenters. The monoisotopic (exact) mass is 423 g/mol. The van der Waals surface area contributed by atoms with Crippen LogP contribution < -0.4 is 11.2 Å². The van der Waals surface area contributed by atoms with Gasteiger partial charge in [0.2, 0.25) is 0 Å². The summed E-state index contributed by atoms with van der Waals surface area (Å²) in [5.74, 6) is -0.0669. The minimum absolute atomic E-state index is 0.0845. The lowest BCUT2D eigenvalue weighted by atomic mass is 10.2. The number of imidazole rings is 1. The number of nitrogens with zero attached hydrogens (tertiary/aromatic N) is 5. The SMILES string of the molecule is Cc1ccc(Cn2c(-c3cccc(F)c3)nc3c2c(=O)n(CCCO)c(=O)n3C)nc1. The molecule has 8 nitrogen and oxygen atoms in total. The summed E-state index contributed by atoms with van der Waals surface area (Å²) < 4.78 is 18.0. The van der Waals surface area contributed by atoms with Crippen LogP contribution in [0.25, 0.3) is 22.6 Å². The fourth-order valence-electron chi connectivity index (χ4n) is 3.55. The van der Waals surface area contributed by atoms with Crippen molar-refractivity contribution in [3.05, 3.63) is 80.5 Å². The number of benzene rings is 1. The zero-order valence-electron chi connectivity index (χ0n) is 17.2. The molecule has 0 aliphatic carbocycles. The Kier molecular flexibility index (Phi) is 5.51. The molecule has 0 amide bonds. The van der Waals surface area contributed by atoms with Crippen LogP contribution in [0.2, 0.25) is 0 Å². The molecule has 4 rings (SSSR count). The first-order valence-corrected chi connectivity index (χ1v) is 9.89. The van der Waals surface area contributed by atoms with Gasteiger partial charge in [-0.2, -0.15) is 0 Å². The Balaban J connectivity index is 2.03. The van der Waals surface area contributed by atoms with Gasteiger partial charge in [-0.15, -0.1) is 0 Å². The quantitative estimate of drug-likeness (QED) is 0.511. The van der Waals surface area contributed by atoms with Crippen LogP contribution in [0.1, 0.15) is 17.7 Å². The fraction of sp³-hybridized carbons (Fsp3) is 0.273. The minimum atomic E-state index is -0.519. The van der Waals surface area contributed by atoms with Crippen molar-refractivity contribution in [2.75, 3.05) is 6.61 Å². The van der Waals surface area contributed by atoms with E-state index in [1.807, 2.05) is 19.1 Å². The molecule has 0 saturated heterocycles. The molecule has 4 aromatic rings. The van der Waals surface area contributed by atoms with E-state index in [0.717, 1.165) is 10.1 Å². The van der Waals surface area contributed by atoms with Gasteiger partial charge in [0.1, 0.15) is 11.6 Å². The Morgan fingerprint density at radius 2 is 1.94 bits per heavy atom. The van der Waals surface area contributed by atoms with Crippen molar-refractivity contribution < 1.29 is 9.50 Å². The molecule has 0 aliphatic rings. The molecule has 3 heterocycles. The highest BCUT2D eigenvalue weighted by Crippen LogP contribution is 2.24. The Labute approximate surface area is 176 Å². The molecular weight excluding hydrogens is 401 g/mol. The second-order valence-corrected chi connectivity index (χ2v) is 7.41. The molecule has 1 aromatic carbocycles. The molecule has 0 radical (unpaired) electrons. The highest BCUT2D eigenvalue weighted by atomic mass is 19.1. The van der Waals surface area contributed by atoms with Gasteiger partial charge in [0.25, 0.3) is 5.56 Å². The first-order chi connectivity index (χ1) is 14.9. The van der Waals surface area contributed by atoms with Crippen molar-refractivity contribution in [1.82, 2.24) is 23.7 Å². The first kappa shape index (κ1) is 20.7. The molecular formula is C22H22FN5O3. The third kappa shape index (κ3) is 3.79. The topological polar surface area (TPSA) is 94.9 Å². The fourth-order valence-corrected chi connectivity index (χ4v) is 3.55. The highest BCUT2D eigenvalue weighted by molar-refractivity contribution is 5.77. The molecule has 160 valence electrons. The van der Waals surface area contributed by atoms with E-state index in [4.69, 9.17) is 5.11 Å². The van der Waals surface area contributed by atoms with Crippen molar-refractivity contribution in [2.45, 2.75) is 26.4 Å². The molecule has 31 heavy (non-hydrogen) atoms. The molecule has 0 spiro atoms. The Morgan fingerprint density at radius 1 is 1.13 bits per heavy atom. The average Bonchev–Trinajstić information content (AvgIpc) is 3.13. The third-order valence-electron chi connectivity index (χ3n) is 5.15. The molecule has 1 N–H and O–H groups in total. The van der Waals surface area contributed by atoms with Crippen LogP contribution in [0, 0.1) is 12.7 Å². The van der Waals surface area contributed by atoms with Crippen molar-refractivity contribution >= 4 is 11.2 Å². The lowest BCUT2D eigenvalue weighted by Gasteiger charge is -2.11. The van der Waals surface area contributed by atoms with Crippen molar-refractivity contribution in [1.29, 1.82) is 0 Å². The average molecular weight is 423 g/mol. The van der Waals surface area contributed by atoms with E-state index in [1.54, 1.807) is 22.9 Å². The number of aliphatic hydroxyl groups excluding tert-OH is 1. The predicted octanol–water partition coefficient (Wildman–Crippen LogP) is 1.84. The molecule has 0 bridgehead atoms. The smallest absolute Gasteiger partial charge is 0.332 e. The minimum Gasteiger partial charge on any atom is -0.396 e. The number of halogens is 1. The number of hydrogen-bond donors (Lipinski definition) is 1. The van der Waals surface area contributed by atoms with E-state index in [1.165, 1.54) is 23.7 Å². The van der Waals surface area contributed by atoms with E-state index in [9.17, 15) is 14.0 Å². The predicted molar refractivity (Wildman–Crippen MR) is 114 cm³/mol. The summed E-state index contributed by atoms with van der Waals surface area (Å²) in [7, 11) is 1.54. The lowest BCUT2D eigenvalue weighted by molar-refractivity contribution is 0.277.